The SMILES string of the molecule is COc1c(Nc2ccnc(C3(C(N)=O)CC3)c2)cccc1C(=O)O/N=C\[C@@H](N)N1CCOCC1. The Morgan fingerprint density at radius 2 is 2.06 bits per heavy atom. The Balaban J connectivity index is 1.47. The Labute approximate surface area is 197 Å². The second-order valence-electron chi connectivity index (χ2n) is 8.16. The van der Waals surface area contributed by atoms with Gasteiger partial charge in [-0.2, -0.15) is 0 Å². The van der Waals surface area contributed by atoms with E-state index in [2.05, 4.69) is 15.5 Å². The number of nitrogens with two attached hydrogens (primary N) is 2. The van der Waals surface area contributed by atoms with E-state index in [0.29, 0.717) is 56.2 Å². The molecule has 1 atom stereocenters. The summed E-state index contributed by atoms with van der Waals surface area (Å²) in [7, 11) is 1.46. The number of carbonyl (C=O) groups excluding carboxylic acids is 2. The molecule has 1 saturated heterocycles. The molecule has 2 aliphatic rings. The zero-order chi connectivity index (χ0) is 24.1. The molecule has 34 heavy (non-hydrogen) atoms. The van der Waals surface area contributed by atoms with Crippen molar-refractivity contribution in [1.82, 2.24) is 9.88 Å². The van der Waals surface area contributed by atoms with Crippen LogP contribution in [0.2, 0.25) is 0 Å². The molecular formula is C23H28N6O5. The summed E-state index contributed by atoms with van der Waals surface area (Å²) in [6.07, 6.45) is 3.86. The number of morpholine rings is 1. The average Bonchev–Trinajstić information content (AvgIpc) is 3.67. The minimum Gasteiger partial charge on any atom is -0.494 e. The summed E-state index contributed by atoms with van der Waals surface area (Å²) in [6.45, 7) is 2.56. The Hall–Kier alpha value is -3.54. The van der Waals surface area contributed by atoms with Crippen LogP contribution in [-0.4, -0.2) is 67.6 Å². The van der Waals surface area contributed by atoms with Gasteiger partial charge in [-0.1, -0.05) is 11.2 Å². The molecule has 1 amide bonds. The average molecular weight is 469 g/mol. The Morgan fingerprint density at radius 1 is 1.29 bits per heavy atom. The lowest BCUT2D eigenvalue weighted by atomic mass is 10.0. The van der Waals surface area contributed by atoms with Crippen LogP contribution in [0.3, 0.4) is 0 Å². The summed E-state index contributed by atoms with van der Waals surface area (Å²) in [5, 5.41) is 6.98. The summed E-state index contributed by atoms with van der Waals surface area (Å²) in [5.41, 5.74) is 13.0. The molecule has 1 saturated carbocycles. The van der Waals surface area contributed by atoms with Crippen LogP contribution in [0.15, 0.2) is 41.7 Å². The number of aromatic nitrogens is 1. The highest BCUT2D eigenvalue weighted by Crippen LogP contribution is 2.47. The molecule has 180 valence electrons. The molecule has 1 aromatic carbocycles. The fraction of sp³-hybridized carbons (Fsp3) is 0.391. The summed E-state index contributed by atoms with van der Waals surface area (Å²) >= 11 is 0. The van der Waals surface area contributed by atoms with Crippen molar-refractivity contribution in [3.63, 3.8) is 0 Å². The van der Waals surface area contributed by atoms with Crippen LogP contribution >= 0.6 is 0 Å². The van der Waals surface area contributed by atoms with Crippen LogP contribution in [0.4, 0.5) is 11.4 Å². The van der Waals surface area contributed by atoms with Gasteiger partial charge in [-0.3, -0.25) is 14.7 Å². The highest BCUT2D eigenvalue weighted by molar-refractivity contribution is 5.95. The number of methoxy groups -OCH3 is 1. The number of para-hydroxylation sites is 1. The lowest BCUT2D eigenvalue weighted by Gasteiger charge is -2.29. The van der Waals surface area contributed by atoms with Crippen LogP contribution in [0.5, 0.6) is 5.75 Å². The molecular weight excluding hydrogens is 440 g/mol. The quantitative estimate of drug-likeness (QED) is 0.279. The number of benzene rings is 1. The minimum absolute atomic E-state index is 0.190. The maximum absolute atomic E-state index is 12.7. The van der Waals surface area contributed by atoms with Crippen LogP contribution in [-0.2, 0) is 19.8 Å². The third-order valence-corrected chi connectivity index (χ3v) is 6.01. The summed E-state index contributed by atoms with van der Waals surface area (Å²) in [4.78, 5) is 35.9. The second kappa shape index (κ2) is 10.2. The van der Waals surface area contributed by atoms with Gasteiger partial charge in [0.15, 0.2) is 5.75 Å². The van der Waals surface area contributed by atoms with Gasteiger partial charge in [0.25, 0.3) is 0 Å². The van der Waals surface area contributed by atoms with Crippen molar-refractivity contribution < 1.29 is 23.9 Å². The van der Waals surface area contributed by atoms with Gasteiger partial charge in [0.1, 0.15) is 5.56 Å². The van der Waals surface area contributed by atoms with E-state index in [1.165, 1.54) is 13.3 Å². The predicted molar refractivity (Wildman–Crippen MR) is 125 cm³/mol. The van der Waals surface area contributed by atoms with Gasteiger partial charge in [-0.15, -0.1) is 0 Å². The van der Waals surface area contributed by atoms with Gasteiger partial charge in [-0.05, 0) is 37.1 Å². The highest BCUT2D eigenvalue weighted by atomic mass is 16.7. The van der Waals surface area contributed by atoms with E-state index < -0.39 is 17.6 Å². The van der Waals surface area contributed by atoms with Crippen LogP contribution in [0, 0.1) is 0 Å². The van der Waals surface area contributed by atoms with Crippen molar-refractivity contribution in [2.75, 3.05) is 38.7 Å². The van der Waals surface area contributed by atoms with Gasteiger partial charge < -0.3 is 31.1 Å². The number of hydrogen-bond donors (Lipinski definition) is 3. The van der Waals surface area contributed by atoms with Gasteiger partial charge in [0.05, 0.1) is 49.5 Å². The molecule has 11 heteroatoms. The van der Waals surface area contributed by atoms with Crippen LogP contribution in [0.1, 0.15) is 28.9 Å². The Kier molecular flexibility index (Phi) is 7.06. The maximum Gasteiger partial charge on any atom is 0.369 e. The first-order chi connectivity index (χ1) is 16.4. The van der Waals surface area contributed by atoms with E-state index in [1.807, 2.05) is 4.90 Å². The Morgan fingerprint density at radius 3 is 2.74 bits per heavy atom. The van der Waals surface area contributed by atoms with Crippen molar-refractivity contribution in [2.45, 2.75) is 24.4 Å². The maximum atomic E-state index is 12.7. The fourth-order valence-electron chi connectivity index (χ4n) is 3.86. The molecule has 0 bridgehead atoms. The number of hydrogen-bond acceptors (Lipinski definition) is 10. The van der Waals surface area contributed by atoms with Gasteiger partial charge in [0.2, 0.25) is 5.91 Å². The standard InChI is InChI=1S/C23H28N6O5/c1-32-20-16(21(30)34-27-14-19(24)29-9-11-33-12-10-29)3-2-4-17(20)28-15-5-8-26-18(13-15)23(6-7-23)22(25)31/h2-5,8,13-14,19H,6-7,9-12,24H2,1H3,(H2,25,31)(H,26,28)/b27-14-/t19-/m0/s1. The molecule has 4 rings (SSSR count). The van der Waals surface area contributed by atoms with Gasteiger partial charge >= 0.3 is 5.97 Å². The third-order valence-electron chi connectivity index (χ3n) is 6.01. The fourth-order valence-corrected chi connectivity index (χ4v) is 3.86. The molecule has 1 aliphatic carbocycles. The molecule has 2 aromatic rings. The summed E-state index contributed by atoms with van der Waals surface area (Å²) in [6, 6.07) is 8.56. The highest BCUT2D eigenvalue weighted by Gasteiger charge is 2.51. The number of amides is 1. The minimum atomic E-state index is -0.701. The van der Waals surface area contributed by atoms with Crippen LogP contribution < -0.4 is 21.5 Å². The van der Waals surface area contributed by atoms with E-state index in [9.17, 15) is 9.59 Å². The van der Waals surface area contributed by atoms with Crippen molar-refractivity contribution in [2.24, 2.45) is 16.6 Å². The number of ether oxygens (including phenoxy) is 2. The summed E-state index contributed by atoms with van der Waals surface area (Å²) < 4.78 is 10.8. The van der Waals surface area contributed by atoms with Crippen molar-refractivity contribution in [3.05, 3.63) is 47.8 Å². The first-order valence-corrected chi connectivity index (χ1v) is 11.0. The number of carbonyl (C=O) groups is 2. The third kappa shape index (κ3) is 5.01. The van der Waals surface area contributed by atoms with Gasteiger partial charge in [-0.25, -0.2) is 4.79 Å². The van der Waals surface area contributed by atoms with E-state index in [4.69, 9.17) is 25.8 Å². The van der Waals surface area contributed by atoms with E-state index in [-0.39, 0.29) is 17.2 Å². The lowest BCUT2D eigenvalue weighted by molar-refractivity contribution is -0.120. The first kappa shape index (κ1) is 23.6. The Bertz CT molecular complexity index is 1080. The second-order valence-corrected chi connectivity index (χ2v) is 8.16. The van der Waals surface area contributed by atoms with E-state index in [1.54, 1.807) is 36.5 Å². The number of oxime groups is 1. The smallest absolute Gasteiger partial charge is 0.369 e. The monoisotopic (exact) mass is 468 g/mol. The summed E-state index contributed by atoms with van der Waals surface area (Å²) in [5.74, 6) is -0.782. The first-order valence-electron chi connectivity index (χ1n) is 11.0. The molecule has 2 fully saturated rings. The van der Waals surface area contributed by atoms with Crippen molar-refractivity contribution in [3.8, 4) is 5.75 Å². The number of rotatable bonds is 9. The molecule has 0 spiro atoms. The molecule has 2 heterocycles. The lowest BCUT2D eigenvalue weighted by Crippen LogP contribution is -2.49. The van der Waals surface area contributed by atoms with E-state index in [0.717, 1.165) is 0 Å². The number of nitrogens with one attached hydrogen (secondary N) is 1. The normalized spacial score (nSPS) is 18.3. The zero-order valence-corrected chi connectivity index (χ0v) is 18.9. The number of primary amides is 1. The molecule has 1 aliphatic heterocycles. The molecule has 0 unspecified atom stereocenters. The predicted octanol–water partition coefficient (Wildman–Crippen LogP) is 1.11. The number of pyridine rings is 1. The zero-order valence-electron chi connectivity index (χ0n) is 18.9. The molecule has 1 aromatic heterocycles. The largest absolute Gasteiger partial charge is 0.494 e. The topological polar surface area (TPSA) is 154 Å². The van der Waals surface area contributed by atoms with E-state index >= 15 is 0 Å². The van der Waals surface area contributed by atoms with Crippen molar-refractivity contribution in [1.29, 1.82) is 0 Å². The van der Waals surface area contributed by atoms with Crippen LogP contribution in [0.25, 0.3) is 0 Å². The van der Waals surface area contributed by atoms with Crippen molar-refractivity contribution >= 4 is 29.5 Å². The number of nitrogens with zero attached hydrogens (tertiary/aromatic N) is 3. The molecule has 5 N–H and O–H groups in total. The molecule has 11 nitrogen and oxygen atoms in total. The molecule has 0 radical (unpaired) electrons. The number of anilines is 2. The van der Waals surface area contributed by atoms with Gasteiger partial charge in [0, 0.05) is 25.0 Å².